The van der Waals surface area contributed by atoms with Gasteiger partial charge < -0.3 is 19.9 Å². The van der Waals surface area contributed by atoms with Gasteiger partial charge in [0, 0.05) is 32.1 Å². The smallest absolute Gasteiger partial charge is 0.405 e. The number of hydrogen-bond acceptors (Lipinski definition) is 4. The summed E-state index contributed by atoms with van der Waals surface area (Å²) in [5, 5.41) is 14.5. The van der Waals surface area contributed by atoms with E-state index < -0.39 is 6.36 Å². The third-order valence-electron chi connectivity index (χ3n) is 4.22. The molecule has 0 unspecified atom stereocenters. The predicted molar refractivity (Wildman–Crippen MR) is 93.1 cm³/mol. The zero-order valence-electron chi connectivity index (χ0n) is 14.9. The second-order valence-corrected chi connectivity index (χ2v) is 6.08. The lowest BCUT2D eigenvalue weighted by molar-refractivity contribution is -0.274. The summed E-state index contributed by atoms with van der Waals surface area (Å²) in [7, 11) is 1.59. The second-order valence-electron chi connectivity index (χ2n) is 6.08. The Balaban J connectivity index is 1.58. The van der Waals surface area contributed by atoms with Gasteiger partial charge in [-0.15, -0.1) is 23.4 Å². The highest BCUT2D eigenvalue weighted by atomic mass is 19.4. The van der Waals surface area contributed by atoms with Crippen LogP contribution in [0.2, 0.25) is 0 Å². The lowest BCUT2D eigenvalue weighted by Crippen LogP contribution is -2.37. The predicted octanol–water partition coefficient (Wildman–Crippen LogP) is 2.38. The van der Waals surface area contributed by atoms with Crippen LogP contribution in [0.3, 0.4) is 0 Å². The zero-order valence-corrected chi connectivity index (χ0v) is 14.9. The number of aryl methyl sites for hydroxylation is 1. The highest BCUT2D eigenvalue weighted by molar-refractivity contribution is 5.79. The van der Waals surface area contributed by atoms with Gasteiger partial charge in [-0.1, -0.05) is 18.2 Å². The van der Waals surface area contributed by atoms with E-state index in [9.17, 15) is 13.2 Å². The summed E-state index contributed by atoms with van der Waals surface area (Å²) in [6, 6.07) is 5.99. The van der Waals surface area contributed by atoms with Crippen LogP contribution < -0.4 is 15.4 Å². The van der Waals surface area contributed by atoms with Crippen molar-refractivity contribution in [3.63, 3.8) is 0 Å². The minimum absolute atomic E-state index is 0.129. The van der Waals surface area contributed by atoms with Crippen LogP contribution in [-0.4, -0.2) is 34.1 Å². The molecule has 0 atom stereocenters. The Morgan fingerprint density at radius 1 is 1.19 bits per heavy atom. The van der Waals surface area contributed by atoms with Crippen LogP contribution in [0.1, 0.15) is 30.1 Å². The molecule has 1 aromatic heterocycles. The molecule has 0 amide bonds. The number of nitrogens with zero attached hydrogens (tertiary/aromatic N) is 4. The van der Waals surface area contributed by atoms with E-state index in [0.29, 0.717) is 18.1 Å². The number of fused-ring (bicyclic) bond motifs is 1. The molecule has 27 heavy (non-hydrogen) atoms. The lowest BCUT2D eigenvalue weighted by Gasteiger charge is -2.17. The topological polar surface area (TPSA) is 76.4 Å². The number of rotatable bonds is 5. The fraction of sp³-hybridized carbons (Fsp3) is 0.471. The first-order chi connectivity index (χ1) is 13.0. The number of para-hydroxylation sites is 1. The molecule has 0 radical (unpaired) electrons. The molecule has 1 aliphatic rings. The normalized spacial score (nSPS) is 14.6. The van der Waals surface area contributed by atoms with Gasteiger partial charge in [-0.25, -0.2) is 0 Å². The average Bonchev–Trinajstić information content (AvgIpc) is 3.05. The van der Waals surface area contributed by atoms with Crippen molar-refractivity contribution in [1.29, 1.82) is 0 Å². The van der Waals surface area contributed by atoms with Gasteiger partial charge in [0.1, 0.15) is 11.6 Å². The molecule has 0 fully saturated rings. The van der Waals surface area contributed by atoms with Crippen molar-refractivity contribution in [3.8, 4) is 5.75 Å². The maximum Gasteiger partial charge on any atom is 0.573 e. The Morgan fingerprint density at radius 2 is 1.96 bits per heavy atom. The number of nitrogens with one attached hydrogen (secondary N) is 2. The standard InChI is InChI=1S/C17H21F3N6O/c1-21-16(23-11-15-25-24-14-8-4-5-9-26(14)15)22-10-12-6-2-3-7-13(12)27-17(18,19)20/h2-3,6-7H,4-5,8-11H2,1H3,(H2,21,22,23). The zero-order chi connectivity index (χ0) is 19.3. The number of aromatic nitrogens is 3. The molecular formula is C17H21F3N6O. The minimum Gasteiger partial charge on any atom is -0.405 e. The molecule has 0 spiro atoms. The minimum atomic E-state index is -4.73. The maximum atomic E-state index is 12.5. The summed E-state index contributed by atoms with van der Waals surface area (Å²) in [5.41, 5.74) is 0.373. The largest absolute Gasteiger partial charge is 0.573 e. The van der Waals surface area contributed by atoms with Gasteiger partial charge in [0.05, 0.1) is 6.54 Å². The van der Waals surface area contributed by atoms with E-state index in [4.69, 9.17) is 0 Å². The van der Waals surface area contributed by atoms with Crippen molar-refractivity contribution in [2.75, 3.05) is 7.05 Å². The van der Waals surface area contributed by atoms with Crippen LogP contribution in [0.25, 0.3) is 0 Å². The summed E-state index contributed by atoms with van der Waals surface area (Å²) in [4.78, 5) is 4.09. The van der Waals surface area contributed by atoms with Crippen molar-refractivity contribution >= 4 is 5.96 Å². The molecule has 0 bridgehead atoms. The molecule has 146 valence electrons. The summed E-state index contributed by atoms with van der Waals surface area (Å²) < 4.78 is 43.7. The summed E-state index contributed by atoms with van der Waals surface area (Å²) in [6.45, 7) is 1.45. The van der Waals surface area contributed by atoms with Crippen LogP contribution in [0.4, 0.5) is 13.2 Å². The van der Waals surface area contributed by atoms with E-state index in [0.717, 1.165) is 37.5 Å². The maximum absolute atomic E-state index is 12.5. The highest BCUT2D eigenvalue weighted by Crippen LogP contribution is 2.26. The first-order valence-corrected chi connectivity index (χ1v) is 8.65. The van der Waals surface area contributed by atoms with Crippen LogP contribution in [0, 0.1) is 0 Å². The Kier molecular flexibility index (Phi) is 5.82. The number of aliphatic imine (C=N–C) groups is 1. The van der Waals surface area contributed by atoms with Crippen molar-refractivity contribution in [3.05, 3.63) is 41.5 Å². The van der Waals surface area contributed by atoms with E-state index in [1.807, 2.05) is 0 Å². The van der Waals surface area contributed by atoms with Gasteiger partial charge in [-0.2, -0.15) is 0 Å². The first kappa shape index (κ1) is 19.0. The molecule has 2 heterocycles. The van der Waals surface area contributed by atoms with Gasteiger partial charge in [0.15, 0.2) is 11.8 Å². The number of guanidine groups is 1. The van der Waals surface area contributed by atoms with E-state index >= 15 is 0 Å². The van der Waals surface area contributed by atoms with E-state index in [1.165, 1.54) is 12.1 Å². The molecule has 1 aromatic carbocycles. The molecule has 2 aromatic rings. The summed E-state index contributed by atoms with van der Waals surface area (Å²) >= 11 is 0. The van der Waals surface area contributed by atoms with Crippen molar-refractivity contribution in [2.45, 2.75) is 45.3 Å². The Morgan fingerprint density at radius 3 is 2.74 bits per heavy atom. The molecule has 0 aliphatic carbocycles. The molecule has 1 aliphatic heterocycles. The Bertz CT molecular complexity index is 802. The summed E-state index contributed by atoms with van der Waals surface area (Å²) in [6.07, 6.45) is -1.59. The Hall–Kier alpha value is -2.78. The van der Waals surface area contributed by atoms with Crippen molar-refractivity contribution in [2.24, 2.45) is 4.99 Å². The molecule has 10 heteroatoms. The fourth-order valence-electron chi connectivity index (χ4n) is 2.94. The van der Waals surface area contributed by atoms with Gasteiger partial charge in [-0.3, -0.25) is 4.99 Å². The quantitative estimate of drug-likeness (QED) is 0.613. The van der Waals surface area contributed by atoms with Gasteiger partial charge in [0.25, 0.3) is 0 Å². The number of hydrogen-bond donors (Lipinski definition) is 2. The first-order valence-electron chi connectivity index (χ1n) is 8.65. The van der Waals surface area contributed by atoms with Gasteiger partial charge >= 0.3 is 6.36 Å². The molecule has 0 saturated heterocycles. The number of benzene rings is 1. The highest BCUT2D eigenvalue weighted by Gasteiger charge is 2.31. The van der Waals surface area contributed by atoms with E-state index in [-0.39, 0.29) is 12.3 Å². The van der Waals surface area contributed by atoms with Crippen LogP contribution in [0.15, 0.2) is 29.3 Å². The van der Waals surface area contributed by atoms with Crippen molar-refractivity contribution < 1.29 is 17.9 Å². The van der Waals surface area contributed by atoms with Gasteiger partial charge in [0.2, 0.25) is 0 Å². The van der Waals surface area contributed by atoms with Crippen LogP contribution in [0.5, 0.6) is 5.75 Å². The number of alkyl halides is 3. The van der Waals surface area contributed by atoms with Crippen LogP contribution >= 0.6 is 0 Å². The van der Waals surface area contributed by atoms with E-state index in [1.54, 1.807) is 19.2 Å². The average molecular weight is 382 g/mol. The van der Waals surface area contributed by atoms with Crippen LogP contribution in [-0.2, 0) is 26.1 Å². The fourth-order valence-corrected chi connectivity index (χ4v) is 2.94. The third-order valence-corrected chi connectivity index (χ3v) is 4.22. The molecule has 7 nitrogen and oxygen atoms in total. The Labute approximate surface area is 154 Å². The molecule has 2 N–H and O–H groups in total. The van der Waals surface area contributed by atoms with Crippen molar-refractivity contribution in [1.82, 2.24) is 25.4 Å². The molecular weight excluding hydrogens is 361 g/mol. The molecule has 0 saturated carbocycles. The lowest BCUT2D eigenvalue weighted by atomic mass is 10.2. The number of halogens is 3. The number of ether oxygens (including phenoxy) is 1. The SMILES string of the molecule is CN=C(NCc1ccccc1OC(F)(F)F)NCc1nnc2n1CCCC2. The molecule has 3 rings (SSSR count). The van der Waals surface area contributed by atoms with E-state index in [2.05, 4.69) is 35.1 Å². The van der Waals surface area contributed by atoms with Gasteiger partial charge in [-0.05, 0) is 18.9 Å². The second kappa shape index (κ2) is 8.28. The monoisotopic (exact) mass is 382 g/mol. The third kappa shape index (κ3) is 5.11. The summed E-state index contributed by atoms with van der Waals surface area (Å²) in [5.74, 6) is 2.01.